The Morgan fingerprint density at radius 3 is 2.59 bits per heavy atom. The molecule has 0 unspecified atom stereocenters. The van der Waals surface area contributed by atoms with Crippen LogP contribution in [0.5, 0.6) is 11.6 Å². The normalized spacial score (nSPS) is 11.5. The van der Waals surface area contributed by atoms with Crippen LogP contribution in [0.4, 0.5) is 23.2 Å². The van der Waals surface area contributed by atoms with E-state index in [9.17, 15) is 22.4 Å². The molecule has 0 spiro atoms. The van der Waals surface area contributed by atoms with Crippen LogP contribution in [0.1, 0.15) is 11.3 Å². The van der Waals surface area contributed by atoms with Crippen molar-refractivity contribution < 1.29 is 31.8 Å². The van der Waals surface area contributed by atoms with Crippen LogP contribution < -0.4 is 14.8 Å². The van der Waals surface area contributed by atoms with Crippen molar-refractivity contribution in [2.75, 3.05) is 19.0 Å². The molecule has 34 heavy (non-hydrogen) atoms. The van der Waals surface area contributed by atoms with E-state index < -0.39 is 36.0 Å². The molecule has 0 radical (unpaired) electrons. The van der Waals surface area contributed by atoms with Gasteiger partial charge in [0.25, 0.3) is 5.91 Å². The van der Waals surface area contributed by atoms with E-state index in [1.54, 1.807) is 24.3 Å². The van der Waals surface area contributed by atoms with Gasteiger partial charge in [0.05, 0.1) is 29.4 Å². The Morgan fingerprint density at radius 2 is 1.88 bits per heavy atom. The van der Waals surface area contributed by atoms with Gasteiger partial charge in [0.15, 0.2) is 12.3 Å². The van der Waals surface area contributed by atoms with Crippen molar-refractivity contribution in [3.05, 3.63) is 71.7 Å². The highest BCUT2D eigenvalue weighted by molar-refractivity contribution is 5.92. The number of benzene rings is 2. The predicted octanol–water partition coefficient (Wildman–Crippen LogP) is 4.91. The number of hydrogen-bond acceptors (Lipinski definition) is 5. The van der Waals surface area contributed by atoms with Crippen molar-refractivity contribution in [1.29, 1.82) is 0 Å². The van der Waals surface area contributed by atoms with Gasteiger partial charge < -0.3 is 14.8 Å². The van der Waals surface area contributed by atoms with Crippen LogP contribution in [0.25, 0.3) is 16.7 Å². The summed E-state index contributed by atoms with van der Waals surface area (Å²) in [5, 5.41) is 6.44. The Kier molecular flexibility index (Phi) is 6.10. The lowest BCUT2D eigenvalue weighted by Gasteiger charge is -2.12. The second-order valence-corrected chi connectivity index (χ2v) is 7.25. The smallest absolute Gasteiger partial charge is 0.417 e. The van der Waals surface area contributed by atoms with Crippen LogP contribution in [0.2, 0.25) is 0 Å². The largest absolute Gasteiger partial charge is 0.497 e. The zero-order chi connectivity index (χ0) is 24.5. The summed E-state index contributed by atoms with van der Waals surface area (Å²) < 4.78 is 66.7. The number of ether oxygens (including phenoxy) is 2. The molecule has 4 aromatic rings. The zero-order valence-electron chi connectivity index (χ0n) is 18.0. The van der Waals surface area contributed by atoms with Crippen molar-refractivity contribution in [3.8, 4) is 17.3 Å². The lowest BCUT2D eigenvalue weighted by atomic mass is 10.1. The number of carbonyl (C=O) groups excluding carboxylic acids is 1. The summed E-state index contributed by atoms with van der Waals surface area (Å²) in [6.07, 6.45) is -4.75. The Bertz CT molecular complexity index is 1370. The highest BCUT2D eigenvalue weighted by atomic mass is 19.4. The number of alkyl halides is 3. The number of nitrogens with one attached hydrogen (secondary N) is 1. The van der Waals surface area contributed by atoms with Crippen molar-refractivity contribution in [3.63, 3.8) is 0 Å². The van der Waals surface area contributed by atoms with E-state index in [1.807, 2.05) is 0 Å². The summed E-state index contributed by atoms with van der Waals surface area (Å²) in [4.78, 5) is 16.4. The van der Waals surface area contributed by atoms with Gasteiger partial charge in [0, 0.05) is 17.8 Å². The van der Waals surface area contributed by atoms with Gasteiger partial charge in [0.2, 0.25) is 5.88 Å². The van der Waals surface area contributed by atoms with Gasteiger partial charge in [-0.25, -0.2) is 9.07 Å². The molecule has 1 N–H and O–H groups in total. The van der Waals surface area contributed by atoms with E-state index in [0.717, 1.165) is 10.7 Å². The number of pyridine rings is 1. The van der Waals surface area contributed by atoms with Gasteiger partial charge >= 0.3 is 6.18 Å². The molecule has 0 atom stereocenters. The van der Waals surface area contributed by atoms with Crippen LogP contribution in [0.15, 0.2) is 54.6 Å². The van der Waals surface area contributed by atoms with Crippen molar-refractivity contribution in [2.24, 2.45) is 0 Å². The number of hydrogen-bond donors (Lipinski definition) is 1. The summed E-state index contributed by atoms with van der Waals surface area (Å²) in [5.74, 6) is -1.12. The first kappa shape index (κ1) is 23.0. The molecule has 2 aromatic carbocycles. The molecule has 7 nitrogen and oxygen atoms in total. The summed E-state index contributed by atoms with van der Waals surface area (Å²) in [7, 11) is 1.47. The van der Waals surface area contributed by atoms with Crippen molar-refractivity contribution in [1.82, 2.24) is 14.8 Å². The Balaban J connectivity index is 1.67. The number of aromatic nitrogens is 3. The maximum absolute atomic E-state index is 13.8. The standard InChI is InChI=1S/C23H18F4N4O3/c1-13-21-18(23(25,26)27)11-20(29-22(21)31(30-13)16-7-3-5-14(24)9-16)34-12-19(32)28-15-6-4-8-17(10-15)33-2/h3-11H,12H2,1-2H3,(H,28,32). The van der Waals surface area contributed by atoms with Gasteiger partial charge in [-0.1, -0.05) is 12.1 Å². The number of anilines is 1. The first-order valence-electron chi connectivity index (χ1n) is 9.96. The molecule has 0 saturated carbocycles. The first-order chi connectivity index (χ1) is 16.2. The molecule has 4 rings (SSSR count). The SMILES string of the molecule is COc1cccc(NC(=O)COc2cc(C(F)(F)F)c3c(C)nn(-c4cccc(F)c4)c3n2)c1. The summed E-state index contributed by atoms with van der Waals surface area (Å²) in [6.45, 7) is 0.803. The molecule has 2 aromatic heterocycles. The average Bonchev–Trinajstić information content (AvgIpc) is 3.13. The number of nitrogens with zero attached hydrogens (tertiary/aromatic N) is 3. The molecule has 0 saturated heterocycles. The number of halogens is 4. The molecule has 0 bridgehead atoms. The molecule has 176 valence electrons. The highest BCUT2D eigenvalue weighted by Gasteiger charge is 2.36. The lowest BCUT2D eigenvalue weighted by Crippen LogP contribution is -2.21. The molecule has 11 heteroatoms. The third-order valence-electron chi connectivity index (χ3n) is 4.85. The van der Waals surface area contributed by atoms with Crippen molar-refractivity contribution >= 4 is 22.6 Å². The fourth-order valence-corrected chi connectivity index (χ4v) is 3.39. The van der Waals surface area contributed by atoms with E-state index >= 15 is 0 Å². The van der Waals surface area contributed by atoms with E-state index in [1.165, 1.54) is 32.2 Å². The second kappa shape index (κ2) is 9.00. The highest BCUT2D eigenvalue weighted by Crippen LogP contribution is 2.38. The first-order valence-corrected chi connectivity index (χ1v) is 9.96. The Morgan fingerprint density at radius 1 is 1.12 bits per heavy atom. The molecule has 1 amide bonds. The van der Waals surface area contributed by atoms with Gasteiger partial charge in [0.1, 0.15) is 11.6 Å². The van der Waals surface area contributed by atoms with E-state index in [2.05, 4.69) is 15.4 Å². The summed E-state index contributed by atoms with van der Waals surface area (Å²) in [5.41, 5.74) is -0.540. The maximum Gasteiger partial charge on any atom is 0.417 e. The van der Waals surface area contributed by atoms with E-state index in [-0.39, 0.29) is 22.4 Å². The predicted molar refractivity (Wildman–Crippen MR) is 116 cm³/mol. The second-order valence-electron chi connectivity index (χ2n) is 7.25. The fraction of sp³-hybridized carbons (Fsp3) is 0.174. The maximum atomic E-state index is 13.8. The van der Waals surface area contributed by atoms with Gasteiger partial charge in [-0.2, -0.15) is 23.3 Å². The molecule has 0 fully saturated rings. The average molecular weight is 474 g/mol. The van der Waals surface area contributed by atoms with Crippen LogP contribution in [0.3, 0.4) is 0 Å². The Labute approximate surface area is 190 Å². The fourth-order valence-electron chi connectivity index (χ4n) is 3.39. The minimum absolute atomic E-state index is 0.0569. The number of carbonyl (C=O) groups is 1. The van der Waals surface area contributed by atoms with Gasteiger partial charge in [-0.15, -0.1) is 0 Å². The summed E-state index contributed by atoms with van der Waals surface area (Å²) >= 11 is 0. The van der Waals surface area contributed by atoms with E-state index in [0.29, 0.717) is 17.5 Å². The number of rotatable bonds is 6. The molecule has 0 aliphatic rings. The third-order valence-corrected chi connectivity index (χ3v) is 4.85. The van der Waals surface area contributed by atoms with E-state index in [4.69, 9.17) is 9.47 Å². The van der Waals surface area contributed by atoms with Crippen LogP contribution in [-0.2, 0) is 11.0 Å². The minimum Gasteiger partial charge on any atom is -0.497 e. The number of methoxy groups -OCH3 is 1. The molecular weight excluding hydrogens is 456 g/mol. The zero-order valence-corrected chi connectivity index (χ0v) is 18.0. The molecule has 2 heterocycles. The number of amides is 1. The van der Waals surface area contributed by atoms with Crippen molar-refractivity contribution in [2.45, 2.75) is 13.1 Å². The number of aryl methyl sites for hydroxylation is 1. The monoisotopic (exact) mass is 474 g/mol. The Hall–Kier alpha value is -4.15. The molecule has 0 aliphatic carbocycles. The molecule has 0 aliphatic heterocycles. The quantitative estimate of drug-likeness (QED) is 0.402. The van der Waals surface area contributed by atoms with Crippen LogP contribution in [-0.4, -0.2) is 34.4 Å². The topological polar surface area (TPSA) is 78.3 Å². The molecular formula is C23H18F4N4O3. The minimum atomic E-state index is -4.75. The van der Waals surface area contributed by atoms with Crippen LogP contribution in [0, 0.1) is 12.7 Å². The van der Waals surface area contributed by atoms with Gasteiger partial charge in [-0.3, -0.25) is 4.79 Å². The van der Waals surface area contributed by atoms with Crippen LogP contribution >= 0.6 is 0 Å². The van der Waals surface area contributed by atoms with Gasteiger partial charge in [-0.05, 0) is 37.3 Å². The lowest BCUT2D eigenvalue weighted by molar-refractivity contribution is -0.136. The number of fused-ring (bicyclic) bond motifs is 1. The summed E-state index contributed by atoms with van der Waals surface area (Å²) in [6, 6.07) is 12.5. The third kappa shape index (κ3) is 4.77.